The van der Waals surface area contributed by atoms with Crippen molar-refractivity contribution in [2.45, 2.75) is 26.2 Å². The van der Waals surface area contributed by atoms with Crippen molar-refractivity contribution < 1.29 is 18.7 Å². The van der Waals surface area contributed by atoms with E-state index in [-0.39, 0.29) is 5.92 Å². The van der Waals surface area contributed by atoms with Gasteiger partial charge in [0.1, 0.15) is 5.41 Å². The normalized spacial score (nSPS) is 23.3. The molecule has 0 radical (unpaired) electrons. The van der Waals surface area contributed by atoms with Crippen LogP contribution in [0, 0.1) is 11.3 Å². The number of hydrogen-bond acceptors (Lipinski definition) is 1. The summed E-state index contributed by atoms with van der Waals surface area (Å²) in [4.78, 5) is 10.5. The summed E-state index contributed by atoms with van der Waals surface area (Å²) in [7, 11) is 0. The molecule has 11 heavy (non-hydrogen) atoms. The fraction of sp³-hybridized carbons (Fsp3) is 0.857. The van der Waals surface area contributed by atoms with E-state index in [0.717, 1.165) is 6.92 Å². The van der Waals surface area contributed by atoms with Gasteiger partial charge in [0, 0.05) is 0 Å². The summed E-state index contributed by atoms with van der Waals surface area (Å²) in [5.41, 5.74) is -1.81. The first kappa shape index (κ1) is 8.43. The molecule has 0 spiro atoms. The molecule has 1 aliphatic carbocycles. The largest absolute Gasteiger partial charge is 0.481 e. The van der Waals surface area contributed by atoms with Crippen LogP contribution in [0.5, 0.6) is 0 Å². The van der Waals surface area contributed by atoms with Gasteiger partial charge >= 0.3 is 5.97 Å². The van der Waals surface area contributed by atoms with Gasteiger partial charge in [-0.1, -0.05) is 0 Å². The van der Waals surface area contributed by atoms with Crippen molar-refractivity contribution in [3.63, 3.8) is 0 Å². The molecule has 0 aromatic carbocycles. The lowest BCUT2D eigenvalue weighted by molar-refractivity contribution is -0.159. The minimum Gasteiger partial charge on any atom is -0.481 e. The van der Waals surface area contributed by atoms with E-state index >= 15 is 0 Å². The van der Waals surface area contributed by atoms with Gasteiger partial charge in [0.15, 0.2) is 0 Å². The van der Waals surface area contributed by atoms with E-state index < -0.39 is 17.8 Å². The van der Waals surface area contributed by atoms with E-state index in [1.807, 2.05) is 0 Å². The Morgan fingerprint density at radius 2 is 2.09 bits per heavy atom. The van der Waals surface area contributed by atoms with E-state index in [2.05, 4.69) is 0 Å². The molecule has 1 aliphatic rings. The van der Waals surface area contributed by atoms with Crippen LogP contribution in [0.4, 0.5) is 8.78 Å². The molecule has 0 aromatic rings. The van der Waals surface area contributed by atoms with Gasteiger partial charge in [0.05, 0.1) is 0 Å². The third-order valence-electron chi connectivity index (χ3n) is 2.34. The summed E-state index contributed by atoms with van der Waals surface area (Å²) >= 11 is 0. The molecule has 2 nitrogen and oxygen atoms in total. The third kappa shape index (κ3) is 1.21. The van der Waals surface area contributed by atoms with Crippen molar-refractivity contribution >= 4 is 5.97 Å². The molecule has 0 aromatic heterocycles. The number of hydrogen-bond donors (Lipinski definition) is 1. The Morgan fingerprint density at radius 3 is 2.18 bits per heavy atom. The molecule has 4 heteroatoms. The Bertz CT molecular complexity index is 173. The Morgan fingerprint density at radius 1 is 1.64 bits per heavy atom. The zero-order chi connectivity index (χ0) is 8.65. The zero-order valence-corrected chi connectivity index (χ0v) is 6.18. The molecule has 1 N–H and O–H groups in total. The molecule has 1 saturated carbocycles. The summed E-state index contributed by atoms with van der Waals surface area (Å²) in [6.45, 7) is 1.12. The Balaban J connectivity index is 2.77. The summed E-state index contributed by atoms with van der Waals surface area (Å²) in [6, 6.07) is 0. The Hall–Kier alpha value is -0.670. The van der Waals surface area contributed by atoms with Crippen LogP contribution in [-0.2, 0) is 4.79 Å². The molecule has 64 valence electrons. The predicted octanol–water partition coefficient (Wildman–Crippen LogP) is 1.75. The summed E-state index contributed by atoms with van der Waals surface area (Å²) in [5, 5.41) is 8.53. The van der Waals surface area contributed by atoms with E-state index in [9.17, 15) is 13.6 Å². The number of rotatable bonds is 3. The van der Waals surface area contributed by atoms with Crippen LogP contribution in [0.15, 0.2) is 0 Å². The van der Waals surface area contributed by atoms with Crippen LogP contribution in [0.25, 0.3) is 0 Å². The second-order valence-electron chi connectivity index (χ2n) is 3.16. The standard InChI is InChI=1S/C7H10F2O2/c1-7(5(8)9,6(10)11)4-2-3-4/h4-5H,2-3H2,1H3,(H,10,11). The highest BCUT2D eigenvalue weighted by Crippen LogP contribution is 2.49. The van der Waals surface area contributed by atoms with Gasteiger partial charge in [-0.15, -0.1) is 0 Å². The van der Waals surface area contributed by atoms with Crippen molar-refractivity contribution in [2.24, 2.45) is 11.3 Å². The molecule has 0 heterocycles. The van der Waals surface area contributed by atoms with Crippen LogP contribution in [-0.4, -0.2) is 17.5 Å². The highest BCUT2D eigenvalue weighted by molar-refractivity contribution is 5.75. The zero-order valence-electron chi connectivity index (χ0n) is 6.18. The molecule has 0 amide bonds. The highest BCUT2D eigenvalue weighted by Gasteiger charge is 2.54. The minimum absolute atomic E-state index is 0.319. The molecule has 0 aliphatic heterocycles. The van der Waals surface area contributed by atoms with Gasteiger partial charge in [-0.25, -0.2) is 8.78 Å². The SMILES string of the molecule is CC(C(=O)O)(C(F)F)C1CC1. The smallest absolute Gasteiger partial charge is 0.315 e. The van der Waals surface area contributed by atoms with Crippen LogP contribution in [0.1, 0.15) is 19.8 Å². The van der Waals surface area contributed by atoms with Crippen LogP contribution in [0.3, 0.4) is 0 Å². The Kier molecular flexibility index (Phi) is 1.86. The lowest BCUT2D eigenvalue weighted by Crippen LogP contribution is -2.37. The monoisotopic (exact) mass is 164 g/mol. The second-order valence-corrected chi connectivity index (χ2v) is 3.16. The fourth-order valence-corrected chi connectivity index (χ4v) is 1.13. The number of carboxylic acids is 1. The number of carboxylic acid groups (broad SMARTS) is 1. The summed E-state index contributed by atoms with van der Waals surface area (Å²) in [5.74, 6) is -1.70. The number of alkyl halides is 2. The lowest BCUT2D eigenvalue weighted by Gasteiger charge is -2.22. The van der Waals surface area contributed by atoms with Crippen LogP contribution < -0.4 is 0 Å². The van der Waals surface area contributed by atoms with Gasteiger partial charge in [-0.05, 0) is 25.7 Å². The van der Waals surface area contributed by atoms with Gasteiger partial charge in [0.25, 0.3) is 6.43 Å². The molecule has 1 atom stereocenters. The molecule has 1 unspecified atom stereocenters. The first-order valence-electron chi connectivity index (χ1n) is 3.51. The van der Waals surface area contributed by atoms with Gasteiger partial charge in [-0.3, -0.25) is 4.79 Å². The average molecular weight is 164 g/mol. The molecular weight excluding hydrogens is 154 g/mol. The van der Waals surface area contributed by atoms with Crippen molar-refractivity contribution in [1.29, 1.82) is 0 Å². The van der Waals surface area contributed by atoms with E-state index in [1.54, 1.807) is 0 Å². The minimum atomic E-state index is -2.76. The molecular formula is C7H10F2O2. The van der Waals surface area contributed by atoms with Gasteiger partial charge < -0.3 is 5.11 Å². The first-order chi connectivity index (χ1) is 4.99. The van der Waals surface area contributed by atoms with Gasteiger partial charge in [-0.2, -0.15) is 0 Å². The maximum Gasteiger partial charge on any atom is 0.315 e. The van der Waals surface area contributed by atoms with Gasteiger partial charge in [0.2, 0.25) is 0 Å². The molecule has 1 rings (SSSR count). The lowest BCUT2D eigenvalue weighted by atomic mass is 9.85. The van der Waals surface area contributed by atoms with Crippen molar-refractivity contribution in [3.8, 4) is 0 Å². The maximum atomic E-state index is 12.2. The van der Waals surface area contributed by atoms with E-state index in [0.29, 0.717) is 12.8 Å². The predicted molar refractivity (Wildman–Crippen MR) is 34.5 cm³/mol. The second kappa shape index (κ2) is 2.43. The van der Waals surface area contributed by atoms with Crippen molar-refractivity contribution in [1.82, 2.24) is 0 Å². The molecule has 1 fully saturated rings. The first-order valence-corrected chi connectivity index (χ1v) is 3.51. The maximum absolute atomic E-state index is 12.2. The number of aliphatic carboxylic acids is 1. The topological polar surface area (TPSA) is 37.3 Å². The summed E-state index contributed by atoms with van der Waals surface area (Å²) in [6.07, 6.45) is -1.52. The van der Waals surface area contributed by atoms with Crippen LogP contribution in [0.2, 0.25) is 0 Å². The number of carbonyl (C=O) groups is 1. The van der Waals surface area contributed by atoms with Crippen molar-refractivity contribution in [2.75, 3.05) is 0 Å². The average Bonchev–Trinajstić information content (AvgIpc) is 2.66. The third-order valence-corrected chi connectivity index (χ3v) is 2.34. The van der Waals surface area contributed by atoms with Crippen molar-refractivity contribution in [3.05, 3.63) is 0 Å². The van der Waals surface area contributed by atoms with Crippen LogP contribution >= 0.6 is 0 Å². The van der Waals surface area contributed by atoms with E-state index in [4.69, 9.17) is 5.11 Å². The summed E-state index contributed by atoms with van der Waals surface area (Å²) < 4.78 is 24.5. The van der Waals surface area contributed by atoms with E-state index in [1.165, 1.54) is 0 Å². The highest BCUT2D eigenvalue weighted by atomic mass is 19.3. The molecule has 0 bridgehead atoms. The Labute approximate surface area is 63.2 Å². The molecule has 0 saturated heterocycles. The fourth-order valence-electron chi connectivity index (χ4n) is 1.13. The quantitative estimate of drug-likeness (QED) is 0.689. The number of halogens is 2.